The van der Waals surface area contributed by atoms with Crippen molar-refractivity contribution in [1.29, 1.82) is 0 Å². The van der Waals surface area contributed by atoms with E-state index in [2.05, 4.69) is 34.8 Å². The molecule has 0 N–H and O–H groups in total. The van der Waals surface area contributed by atoms with E-state index in [0.29, 0.717) is 15.8 Å². The fourth-order valence-corrected chi connectivity index (χ4v) is 1.27. The lowest BCUT2D eigenvalue weighted by molar-refractivity contribution is 0.733. The molecule has 0 radical (unpaired) electrons. The van der Waals surface area contributed by atoms with Crippen LogP contribution in [-0.4, -0.2) is 9.81 Å². The highest BCUT2D eigenvalue weighted by atomic mass is 79.9. The summed E-state index contributed by atoms with van der Waals surface area (Å²) < 4.78 is 0. The quantitative estimate of drug-likeness (QED) is 0.729. The van der Waals surface area contributed by atoms with Crippen LogP contribution in [0.3, 0.4) is 0 Å². The SMILES string of the molecule is CC(Br)C(C)c1ccc(Cl)cn1. The van der Waals surface area contributed by atoms with Crippen molar-refractivity contribution >= 4 is 27.5 Å². The molecular weight excluding hydrogens is 237 g/mol. The van der Waals surface area contributed by atoms with Crippen LogP contribution in [0.1, 0.15) is 25.5 Å². The van der Waals surface area contributed by atoms with E-state index in [1.165, 1.54) is 0 Å². The Morgan fingerprint density at radius 3 is 2.50 bits per heavy atom. The standard InChI is InChI=1S/C9H11BrClN/c1-6(7(2)10)9-4-3-8(11)5-12-9/h3-7H,1-2H3. The second-order valence-corrected chi connectivity index (χ2v) is 4.75. The fraction of sp³-hybridized carbons (Fsp3) is 0.444. The molecule has 0 aliphatic rings. The van der Waals surface area contributed by atoms with Crippen LogP contribution < -0.4 is 0 Å². The van der Waals surface area contributed by atoms with Crippen molar-refractivity contribution in [3.63, 3.8) is 0 Å². The van der Waals surface area contributed by atoms with Gasteiger partial charge in [0.05, 0.1) is 5.02 Å². The van der Waals surface area contributed by atoms with Crippen LogP contribution >= 0.6 is 27.5 Å². The van der Waals surface area contributed by atoms with Crippen molar-refractivity contribution in [3.05, 3.63) is 29.0 Å². The molecule has 0 aromatic carbocycles. The van der Waals surface area contributed by atoms with Crippen molar-refractivity contribution in [3.8, 4) is 0 Å². The minimum Gasteiger partial charge on any atom is -0.259 e. The number of rotatable bonds is 2. The molecule has 0 amide bonds. The van der Waals surface area contributed by atoms with Crippen molar-refractivity contribution in [2.75, 3.05) is 0 Å². The highest BCUT2D eigenvalue weighted by Crippen LogP contribution is 2.22. The largest absolute Gasteiger partial charge is 0.259 e. The normalized spacial score (nSPS) is 15.7. The number of alkyl halides is 1. The first-order valence-corrected chi connectivity index (χ1v) is 5.16. The summed E-state index contributed by atoms with van der Waals surface area (Å²) in [6, 6.07) is 3.83. The number of aromatic nitrogens is 1. The zero-order chi connectivity index (χ0) is 9.14. The lowest BCUT2D eigenvalue weighted by Crippen LogP contribution is -2.05. The van der Waals surface area contributed by atoms with Crippen LogP contribution in [0.15, 0.2) is 18.3 Å². The molecule has 0 fully saturated rings. The smallest absolute Gasteiger partial charge is 0.0589 e. The molecular formula is C9H11BrClN. The van der Waals surface area contributed by atoms with Gasteiger partial charge >= 0.3 is 0 Å². The summed E-state index contributed by atoms with van der Waals surface area (Å²) in [6.45, 7) is 4.25. The molecule has 2 atom stereocenters. The van der Waals surface area contributed by atoms with Gasteiger partial charge in [-0.05, 0) is 12.1 Å². The maximum absolute atomic E-state index is 5.72. The summed E-state index contributed by atoms with van der Waals surface area (Å²) in [6.07, 6.45) is 1.68. The van der Waals surface area contributed by atoms with Crippen LogP contribution in [-0.2, 0) is 0 Å². The predicted molar refractivity (Wildman–Crippen MR) is 56.1 cm³/mol. The number of pyridine rings is 1. The molecule has 1 aromatic heterocycles. The first kappa shape index (κ1) is 10.0. The summed E-state index contributed by atoms with van der Waals surface area (Å²) in [5.41, 5.74) is 1.07. The summed E-state index contributed by atoms with van der Waals surface area (Å²) in [4.78, 5) is 4.67. The third-order valence-electron chi connectivity index (χ3n) is 1.91. The first-order valence-electron chi connectivity index (χ1n) is 3.87. The van der Waals surface area contributed by atoms with Gasteiger partial charge in [-0.25, -0.2) is 0 Å². The van der Waals surface area contributed by atoms with Gasteiger partial charge in [-0.3, -0.25) is 4.98 Å². The molecule has 3 heteroatoms. The van der Waals surface area contributed by atoms with E-state index >= 15 is 0 Å². The molecule has 1 heterocycles. The molecule has 12 heavy (non-hydrogen) atoms. The minimum atomic E-state index is 0.419. The van der Waals surface area contributed by atoms with Crippen molar-refractivity contribution in [2.24, 2.45) is 0 Å². The molecule has 0 bridgehead atoms. The summed E-state index contributed by atoms with van der Waals surface area (Å²) in [5, 5.41) is 0.688. The lowest BCUT2D eigenvalue weighted by Gasteiger charge is -2.12. The van der Waals surface area contributed by atoms with E-state index in [1.54, 1.807) is 6.20 Å². The molecule has 0 aliphatic heterocycles. The van der Waals surface area contributed by atoms with Crippen molar-refractivity contribution < 1.29 is 0 Å². The number of hydrogen-bond donors (Lipinski definition) is 0. The summed E-state index contributed by atoms with van der Waals surface area (Å²) in [5.74, 6) is 0.419. The summed E-state index contributed by atoms with van der Waals surface area (Å²) in [7, 11) is 0. The van der Waals surface area contributed by atoms with E-state index in [1.807, 2.05) is 12.1 Å². The van der Waals surface area contributed by atoms with Gasteiger partial charge in [-0.15, -0.1) is 0 Å². The zero-order valence-electron chi connectivity index (χ0n) is 7.09. The second-order valence-electron chi connectivity index (χ2n) is 2.87. The van der Waals surface area contributed by atoms with Crippen LogP contribution in [0.2, 0.25) is 5.02 Å². The van der Waals surface area contributed by atoms with E-state index < -0.39 is 0 Å². The van der Waals surface area contributed by atoms with Crippen LogP contribution in [0.5, 0.6) is 0 Å². The Hall–Kier alpha value is -0.0800. The number of halogens is 2. The molecule has 0 aliphatic carbocycles. The highest BCUT2D eigenvalue weighted by molar-refractivity contribution is 9.09. The van der Waals surface area contributed by atoms with Gasteiger partial charge in [-0.2, -0.15) is 0 Å². The second kappa shape index (κ2) is 4.24. The molecule has 1 rings (SSSR count). The third-order valence-corrected chi connectivity index (χ3v) is 2.92. The van der Waals surface area contributed by atoms with Gasteiger partial charge in [0.1, 0.15) is 0 Å². The van der Waals surface area contributed by atoms with Gasteiger partial charge in [0.2, 0.25) is 0 Å². The maximum atomic E-state index is 5.72. The molecule has 1 nitrogen and oxygen atoms in total. The highest BCUT2D eigenvalue weighted by Gasteiger charge is 2.11. The Morgan fingerprint density at radius 1 is 1.42 bits per heavy atom. The number of nitrogens with zero attached hydrogens (tertiary/aromatic N) is 1. The Balaban J connectivity index is 2.82. The predicted octanol–water partition coefficient (Wildman–Crippen LogP) is 3.62. The average molecular weight is 249 g/mol. The molecule has 66 valence electrons. The van der Waals surface area contributed by atoms with Crippen LogP contribution in [0, 0.1) is 0 Å². The third kappa shape index (κ3) is 2.46. The number of hydrogen-bond acceptors (Lipinski definition) is 1. The first-order chi connectivity index (χ1) is 5.61. The molecule has 0 saturated heterocycles. The topological polar surface area (TPSA) is 12.9 Å². The Bertz CT molecular complexity index is 245. The van der Waals surface area contributed by atoms with Gasteiger partial charge in [0.25, 0.3) is 0 Å². The lowest BCUT2D eigenvalue weighted by atomic mass is 10.0. The van der Waals surface area contributed by atoms with Crippen LogP contribution in [0.25, 0.3) is 0 Å². The van der Waals surface area contributed by atoms with E-state index in [9.17, 15) is 0 Å². The molecule has 2 unspecified atom stereocenters. The Kier molecular flexibility index (Phi) is 3.53. The van der Waals surface area contributed by atoms with Crippen LogP contribution in [0.4, 0.5) is 0 Å². The molecule has 0 spiro atoms. The van der Waals surface area contributed by atoms with Crippen molar-refractivity contribution in [1.82, 2.24) is 4.98 Å². The monoisotopic (exact) mass is 247 g/mol. The zero-order valence-corrected chi connectivity index (χ0v) is 9.43. The maximum Gasteiger partial charge on any atom is 0.0589 e. The van der Waals surface area contributed by atoms with Gasteiger partial charge in [0.15, 0.2) is 0 Å². The molecule has 0 saturated carbocycles. The van der Waals surface area contributed by atoms with Gasteiger partial charge in [-0.1, -0.05) is 41.4 Å². The van der Waals surface area contributed by atoms with E-state index in [4.69, 9.17) is 11.6 Å². The fourth-order valence-electron chi connectivity index (χ4n) is 0.892. The van der Waals surface area contributed by atoms with Gasteiger partial charge in [0, 0.05) is 22.6 Å². The van der Waals surface area contributed by atoms with Crippen molar-refractivity contribution in [2.45, 2.75) is 24.6 Å². The van der Waals surface area contributed by atoms with E-state index in [0.717, 1.165) is 5.69 Å². The minimum absolute atomic E-state index is 0.419. The summed E-state index contributed by atoms with van der Waals surface area (Å²) >= 11 is 9.24. The molecule has 1 aromatic rings. The Labute approximate surface area is 86.3 Å². The van der Waals surface area contributed by atoms with Gasteiger partial charge < -0.3 is 0 Å². The Morgan fingerprint density at radius 2 is 2.08 bits per heavy atom. The average Bonchev–Trinajstić information content (AvgIpc) is 2.04. The van der Waals surface area contributed by atoms with E-state index in [-0.39, 0.29) is 0 Å².